The number of aromatic nitrogens is 2. The molecule has 0 unspecified atom stereocenters. The van der Waals surface area contributed by atoms with E-state index in [0.29, 0.717) is 6.04 Å². The van der Waals surface area contributed by atoms with Crippen LogP contribution in [-0.2, 0) is 24.6 Å². The highest BCUT2D eigenvalue weighted by atomic mass is 79.9. The second-order valence-electron chi connectivity index (χ2n) is 6.51. The molecule has 1 aromatic rings. The molecule has 2 heterocycles. The Labute approximate surface area is 136 Å². The lowest BCUT2D eigenvalue weighted by Crippen LogP contribution is -2.43. The first-order chi connectivity index (χ1) is 9.97. The van der Waals surface area contributed by atoms with Crippen molar-refractivity contribution in [2.75, 3.05) is 19.8 Å². The average Bonchev–Trinajstić information content (AvgIpc) is 2.74. The van der Waals surface area contributed by atoms with Gasteiger partial charge in [0.1, 0.15) is 0 Å². The van der Waals surface area contributed by atoms with E-state index >= 15 is 0 Å². The second-order valence-corrected chi connectivity index (χ2v) is 7.30. The predicted octanol–water partition coefficient (Wildman–Crippen LogP) is 3.08. The number of halogens is 1. The van der Waals surface area contributed by atoms with Gasteiger partial charge in [0.2, 0.25) is 0 Å². The molecule has 5 heteroatoms. The number of nitrogens with one attached hydrogen (secondary N) is 1. The van der Waals surface area contributed by atoms with Crippen LogP contribution in [0.1, 0.15) is 45.0 Å². The summed E-state index contributed by atoms with van der Waals surface area (Å²) in [6.07, 6.45) is 4.26. The van der Waals surface area contributed by atoms with Crippen LogP contribution in [0.3, 0.4) is 0 Å². The topological polar surface area (TPSA) is 39.1 Å². The first-order valence-electron chi connectivity index (χ1n) is 7.99. The van der Waals surface area contributed by atoms with E-state index in [2.05, 4.69) is 58.8 Å². The molecule has 1 saturated heterocycles. The summed E-state index contributed by atoms with van der Waals surface area (Å²) in [6, 6.07) is 0.519. The summed E-state index contributed by atoms with van der Waals surface area (Å²) in [5, 5.41) is 8.27. The van der Waals surface area contributed by atoms with Crippen molar-refractivity contribution >= 4 is 15.9 Å². The van der Waals surface area contributed by atoms with Crippen LogP contribution >= 0.6 is 15.9 Å². The maximum atomic E-state index is 5.59. The fourth-order valence-electron chi connectivity index (χ4n) is 3.01. The molecule has 0 aromatic carbocycles. The molecular formula is C16H28BrN3O. The smallest absolute Gasteiger partial charge is 0.0766 e. The standard InChI is InChI=1S/C16H28BrN3O/c1-5-13-15(17)14(20(4)19-13)10-16(11-18-12(2)3)6-8-21-9-7-16/h12,18H,5-11H2,1-4H3. The van der Waals surface area contributed by atoms with Crippen LogP contribution in [0, 0.1) is 5.41 Å². The third kappa shape index (κ3) is 4.08. The van der Waals surface area contributed by atoms with Crippen LogP contribution in [0.5, 0.6) is 0 Å². The SMILES string of the molecule is CCc1nn(C)c(CC2(CNC(C)C)CCOCC2)c1Br. The number of nitrogens with zero attached hydrogens (tertiary/aromatic N) is 2. The van der Waals surface area contributed by atoms with Crippen molar-refractivity contribution in [2.24, 2.45) is 12.5 Å². The number of ether oxygens (including phenoxy) is 1. The molecule has 1 N–H and O–H groups in total. The summed E-state index contributed by atoms with van der Waals surface area (Å²) >= 11 is 3.76. The fourth-order valence-corrected chi connectivity index (χ4v) is 3.76. The molecule has 0 spiro atoms. The zero-order valence-electron chi connectivity index (χ0n) is 13.7. The van der Waals surface area contributed by atoms with Gasteiger partial charge in [-0.15, -0.1) is 0 Å². The molecule has 1 aliphatic heterocycles. The van der Waals surface area contributed by atoms with Crippen molar-refractivity contribution in [2.45, 2.75) is 52.5 Å². The third-order valence-electron chi connectivity index (χ3n) is 4.48. The van der Waals surface area contributed by atoms with Crippen molar-refractivity contribution in [3.05, 3.63) is 15.9 Å². The van der Waals surface area contributed by atoms with Crippen LogP contribution < -0.4 is 5.32 Å². The lowest BCUT2D eigenvalue weighted by Gasteiger charge is -2.38. The van der Waals surface area contributed by atoms with Crippen molar-refractivity contribution in [1.29, 1.82) is 0 Å². The van der Waals surface area contributed by atoms with Crippen molar-refractivity contribution in [3.63, 3.8) is 0 Å². The van der Waals surface area contributed by atoms with Gasteiger partial charge >= 0.3 is 0 Å². The van der Waals surface area contributed by atoms with Gasteiger partial charge in [0.05, 0.1) is 15.9 Å². The van der Waals surface area contributed by atoms with Crippen molar-refractivity contribution < 1.29 is 4.74 Å². The zero-order valence-corrected chi connectivity index (χ0v) is 15.3. The number of hydrogen-bond donors (Lipinski definition) is 1. The first-order valence-corrected chi connectivity index (χ1v) is 8.78. The average molecular weight is 358 g/mol. The van der Waals surface area contributed by atoms with E-state index in [4.69, 9.17) is 4.74 Å². The van der Waals surface area contributed by atoms with Gasteiger partial charge in [-0.2, -0.15) is 5.10 Å². The van der Waals surface area contributed by atoms with E-state index in [1.165, 1.54) is 10.2 Å². The van der Waals surface area contributed by atoms with Gasteiger partial charge in [0, 0.05) is 32.8 Å². The van der Waals surface area contributed by atoms with Crippen molar-refractivity contribution in [1.82, 2.24) is 15.1 Å². The fraction of sp³-hybridized carbons (Fsp3) is 0.812. The Morgan fingerprint density at radius 3 is 2.57 bits per heavy atom. The number of aryl methyl sites for hydroxylation is 2. The maximum absolute atomic E-state index is 5.59. The molecular weight excluding hydrogens is 330 g/mol. The molecule has 1 fully saturated rings. The quantitative estimate of drug-likeness (QED) is 0.850. The summed E-state index contributed by atoms with van der Waals surface area (Å²) in [5.74, 6) is 0. The highest BCUT2D eigenvalue weighted by Gasteiger charge is 2.34. The number of rotatable bonds is 6. The third-order valence-corrected chi connectivity index (χ3v) is 5.40. The van der Waals surface area contributed by atoms with E-state index in [0.717, 1.165) is 51.1 Å². The molecule has 0 aliphatic carbocycles. The van der Waals surface area contributed by atoms with Gasteiger partial charge in [-0.05, 0) is 47.0 Å². The van der Waals surface area contributed by atoms with E-state index in [1.54, 1.807) is 0 Å². The van der Waals surface area contributed by atoms with Gasteiger partial charge in [-0.1, -0.05) is 20.8 Å². The number of hydrogen-bond acceptors (Lipinski definition) is 3. The molecule has 0 atom stereocenters. The zero-order chi connectivity index (χ0) is 15.5. The molecule has 0 bridgehead atoms. The molecule has 120 valence electrons. The molecule has 1 aliphatic rings. The molecule has 4 nitrogen and oxygen atoms in total. The molecule has 0 saturated carbocycles. The Bertz CT molecular complexity index is 464. The minimum atomic E-state index is 0.282. The predicted molar refractivity (Wildman–Crippen MR) is 89.6 cm³/mol. The second kappa shape index (κ2) is 7.25. The Morgan fingerprint density at radius 2 is 2.05 bits per heavy atom. The highest BCUT2D eigenvalue weighted by molar-refractivity contribution is 9.10. The Kier molecular flexibility index (Phi) is 5.86. The van der Waals surface area contributed by atoms with Gasteiger partial charge in [-0.3, -0.25) is 4.68 Å². The van der Waals surface area contributed by atoms with E-state index in [1.807, 2.05) is 0 Å². The Hall–Kier alpha value is -0.390. The van der Waals surface area contributed by atoms with Crippen molar-refractivity contribution in [3.8, 4) is 0 Å². The van der Waals surface area contributed by atoms with Crippen LogP contribution in [0.15, 0.2) is 4.47 Å². The first kappa shape index (κ1) is 17.0. The van der Waals surface area contributed by atoms with E-state index < -0.39 is 0 Å². The van der Waals surface area contributed by atoms with Gasteiger partial charge in [-0.25, -0.2) is 0 Å². The molecule has 2 rings (SSSR count). The summed E-state index contributed by atoms with van der Waals surface area (Å²) in [4.78, 5) is 0. The van der Waals surface area contributed by atoms with E-state index in [-0.39, 0.29) is 5.41 Å². The minimum Gasteiger partial charge on any atom is -0.381 e. The molecule has 21 heavy (non-hydrogen) atoms. The molecule has 0 radical (unpaired) electrons. The lowest BCUT2D eigenvalue weighted by molar-refractivity contribution is 0.0131. The van der Waals surface area contributed by atoms with Gasteiger partial charge in [0.25, 0.3) is 0 Å². The lowest BCUT2D eigenvalue weighted by atomic mass is 9.76. The van der Waals surface area contributed by atoms with Crippen LogP contribution in [0.2, 0.25) is 0 Å². The normalized spacial score (nSPS) is 18.4. The molecule has 1 aromatic heterocycles. The molecule has 0 amide bonds. The van der Waals surface area contributed by atoms with Crippen LogP contribution in [0.4, 0.5) is 0 Å². The highest BCUT2D eigenvalue weighted by Crippen LogP contribution is 2.36. The minimum absolute atomic E-state index is 0.282. The summed E-state index contributed by atoms with van der Waals surface area (Å²) < 4.78 is 8.84. The largest absolute Gasteiger partial charge is 0.381 e. The van der Waals surface area contributed by atoms with Crippen LogP contribution in [0.25, 0.3) is 0 Å². The maximum Gasteiger partial charge on any atom is 0.0766 e. The summed E-state index contributed by atoms with van der Waals surface area (Å²) in [5.41, 5.74) is 2.76. The van der Waals surface area contributed by atoms with Gasteiger partial charge in [0.15, 0.2) is 0 Å². The van der Waals surface area contributed by atoms with Crippen LogP contribution in [-0.4, -0.2) is 35.6 Å². The van der Waals surface area contributed by atoms with Gasteiger partial charge < -0.3 is 10.1 Å². The Morgan fingerprint density at radius 1 is 1.38 bits per heavy atom. The monoisotopic (exact) mass is 357 g/mol. The Balaban J connectivity index is 2.20. The summed E-state index contributed by atoms with van der Waals surface area (Å²) in [7, 11) is 2.06. The van der Waals surface area contributed by atoms with E-state index in [9.17, 15) is 0 Å². The summed E-state index contributed by atoms with van der Waals surface area (Å²) in [6.45, 7) is 9.37.